The first kappa shape index (κ1) is 34.2. The summed E-state index contributed by atoms with van der Waals surface area (Å²) >= 11 is 0. The average molecular weight is 762 g/mol. The summed E-state index contributed by atoms with van der Waals surface area (Å²) in [6.07, 6.45) is 7.38. The number of furan rings is 1. The van der Waals surface area contributed by atoms with Gasteiger partial charge in [-0.2, -0.15) is 0 Å². The summed E-state index contributed by atoms with van der Waals surface area (Å²) in [5, 5.41) is 2.18. The van der Waals surface area contributed by atoms with E-state index in [1.165, 1.54) is 44.7 Å². The van der Waals surface area contributed by atoms with E-state index in [0.29, 0.717) is 0 Å². The molecule has 8 aromatic rings. The molecule has 284 valence electrons. The first-order valence-corrected chi connectivity index (χ1v) is 20.8. The summed E-state index contributed by atoms with van der Waals surface area (Å²) in [6.45, 7) is 9.62. The summed E-state index contributed by atoms with van der Waals surface area (Å²) in [5.74, 6) is 2.04. The van der Waals surface area contributed by atoms with Crippen molar-refractivity contribution in [3.8, 4) is 39.1 Å². The molecule has 3 heteroatoms. The molecule has 4 aliphatic rings. The van der Waals surface area contributed by atoms with Gasteiger partial charge in [0.1, 0.15) is 22.7 Å². The molecule has 0 saturated carbocycles. The second kappa shape index (κ2) is 12.1. The lowest BCUT2D eigenvalue weighted by atomic mass is 9.52. The first-order chi connectivity index (χ1) is 28.8. The molecule has 2 aliphatic heterocycles. The Hall–Kier alpha value is -6.84. The van der Waals surface area contributed by atoms with E-state index in [-0.39, 0.29) is 11.3 Å². The molecular formula is C56H43NO2. The van der Waals surface area contributed by atoms with E-state index >= 15 is 0 Å². The number of ether oxygens (including phenoxy) is 1. The van der Waals surface area contributed by atoms with Crippen molar-refractivity contribution in [2.45, 2.75) is 44.1 Å². The lowest BCUT2D eigenvalue weighted by molar-refractivity contribution is 0.349. The highest BCUT2D eigenvalue weighted by Gasteiger charge is 2.61. The van der Waals surface area contributed by atoms with Crippen molar-refractivity contribution in [2.24, 2.45) is 5.92 Å². The number of benzene rings is 7. The monoisotopic (exact) mass is 761 g/mol. The molecule has 12 rings (SSSR count). The number of rotatable bonds is 4. The molecule has 4 atom stereocenters. The summed E-state index contributed by atoms with van der Waals surface area (Å²) in [6, 6.07) is 59.0. The Morgan fingerprint density at radius 2 is 1.22 bits per heavy atom. The van der Waals surface area contributed by atoms with Crippen LogP contribution in [0.3, 0.4) is 0 Å². The molecule has 0 saturated heterocycles. The predicted molar refractivity (Wildman–Crippen MR) is 242 cm³/mol. The Bertz CT molecular complexity index is 3130. The van der Waals surface area contributed by atoms with Gasteiger partial charge < -0.3 is 14.1 Å². The maximum atomic E-state index is 7.54. The second-order valence-corrected chi connectivity index (χ2v) is 17.3. The van der Waals surface area contributed by atoms with Crippen LogP contribution < -0.4 is 9.64 Å². The Morgan fingerprint density at radius 3 is 2.00 bits per heavy atom. The third-order valence-electron chi connectivity index (χ3n) is 13.9. The van der Waals surface area contributed by atoms with Crippen molar-refractivity contribution in [2.75, 3.05) is 4.90 Å². The number of allylic oxidation sites excluding steroid dienone is 3. The van der Waals surface area contributed by atoms with Gasteiger partial charge in [0.2, 0.25) is 0 Å². The van der Waals surface area contributed by atoms with E-state index in [1.807, 2.05) is 0 Å². The van der Waals surface area contributed by atoms with Crippen molar-refractivity contribution < 1.29 is 9.15 Å². The maximum Gasteiger partial charge on any atom is 0.140 e. The van der Waals surface area contributed by atoms with Crippen molar-refractivity contribution in [3.63, 3.8) is 0 Å². The lowest BCUT2D eigenvalue weighted by Crippen LogP contribution is -2.58. The summed E-state index contributed by atoms with van der Waals surface area (Å²) in [7, 11) is 0. The van der Waals surface area contributed by atoms with Gasteiger partial charge in [-0.15, -0.1) is 0 Å². The number of para-hydroxylation sites is 2. The number of hydrogen-bond donors (Lipinski definition) is 0. The van der Waals surface area contributed by atoms with Crippen LogP contribution >= 0.6 is 0 Å². The van der Waals surface area contributed by atoms with Gasteiger partial charge >= 0.3 is 0 Å². The largest absolute Gasteiger partial charge is 0.460 e. The summed E-state index contributed by atoms with van der Waals surface area (Å²) in [5.41, 5.74) is 14.9. The fourth-order valence-corrected chi connectivity index (χ4v) is 11.4. The Balaban J connectivity index is 1.13. The fraction of sp³-hybridized carbons (Fsp3) is 0.143. The lowest BCUT2D eigenvalue weighted by Gasteiger charge is -2.59. The van der Waals surface area contributed by atoms with Crippen LogP contribution in [0, 0.1) is 5.92 Å². The highest BCUT2D eigenvalue weighted by Crippen LogP contribution is 2.67. The number of hydrogen-bond acceptors (Lipinski definition) is 3. The van der Waals surface area contributed by atoms with Crippen LogP contribution in [0.4, 0.5) is 11.4 Å². The van der Waals surface area contributed by atoms with Crippen LogP contribution in [0.2, 0.25) is 0 Å². The van der Waals surface area contributed by atoms with Crippen LogP contribution in [0.15, 0.2) is 203 Å². The van der Waals surface area contributed by atoms with Gasteiger partial charge in [0, 0.05) is 38.7 Å². The molecular weight excluding hydrogens is 719 g/mol. The van der Waals surface area contributed by atoms with Crippen LogP contribution in [0.5, 0.6) is 5.75 Å². The highest BCUT2D eigenvalue weighted by molar-refractivity contribution is 6.15. The molecule has 59 heavy (non-hydrogen) atoms. The molecule has 4 unspecified atom stereocenters. The summed E-state index contributed by atoms with van der Waals surface area (Å²) < 4.78 is 14.3. The minimum atomic E-state index is -0.554. The van der Waals surface area contributed by atoms with Gasteiger partial charge in [-0.3, -0.25) is 0 Å². The Labute approximate surface area is 345 Å². The van der Waals surface area contributed by atoms with Crippen molar-refractivity contribution >= 4 is 33.3 Å². The SMILES string of the molecule is CC1C=CC2(C)C3=C1C1(C)C(=CC3(C)N(c3ccc(-c4ccccc4)cc3)c3ccccc32)Oc2c1cc1oc3ccccc3c1c2-c1cccc(-c2ccccc2)c1. The maximum absolute atomic E-state index is 7.54. The Kier molecular flexibility index (Phi) is 7.02. The van der Waals surface area contributed by atoms with Gasteiger partial charge in [-0.1, -0.05) is 146 Å². The first-order valence-electron chi connectivity index (χ1n) is 20.8. The standard InChI is InChI=1S/C56H43NO2/c1-35-30-31-54(2)43-23-12-13-24-45(43)57(41-28-26-38(27-29-41)36-16-7-5-8-17-36)55(3)34-48-56(4,51(35)53(54)55)44-33-47-50(42-22-11-14-25-46(42)58-47)49(52(44)59-48)40-21-15-20-39(32-40)37-18-9-6-10-19-37/h5-35H,1-4H3. The van der Waals surface area contributed by atoms with E-state index in [4.69, 9.17) is 9.15 Å². The normalized spacial score (nSPS) is 23.7. The zero-order chi connectivity index (χ0) is 39.7. The van der Waals surface area contributed by atoms with Gasteiger partial charge in [0.15, 0.2) is 0 Å². The second-order valence-electron chi connectivity index (χ2n) is 17.3. The van der Waals surface area contributed by atoms with Crippen LogP contribution in [-0.2, 0) is 10.8 Å². The predicted octanol–water partition coefficient (Wildman–Crippen LogP) is 14.5. The van der Waals surface area contributed by atoms with Gasteiger partial charge in [-0.25, -0.2) is 0 Å². The van der Waals surface area contributed by atoms with E-state index < -0.39 is 11.0 Å². The smallest absolute Gasteiger partial charge is 0.140 e. The average Bonchev–Trinajstić information content (AvgIpc) is 3.79. The molecule has 0 spiro atoms. The zero-order valence-corrected chi connectivity index (χ0v) is 33.7. The molecule has 0 radical (unpaired) electrons. The van der Waals surface area contributed by atoms with Crippen molar-refractivity contribution in [3.05, 3.63) is 210 Å². The summed E-state index contributed by atoms with van der Waals surface area (Å²) in [4.78, 5) is 2.57. The van der Waals surface area contributed by atoms with Crippen molar-refractivity contribution in [1.82, 2.24) is 0 Å². The number of fused-ring (bicyclic) bond motifs is 9. The zero-order valence-electron chi connectivity index (χ0n) is 33.7. The molecule has 2 aliphatic carbocycles. The molecule has 3 nitrogen and oxygen atoms in total. The van der Waals surface area contributed by atoms with Crippen LogP contribution in [0.25, 0.3) is 55.3 Å². The van der Waals surface area contributed by atoms with Crippen LogP contribution in [0.1, 0.15) is 38.8 Å². The Morgan fingerprint density at radius 1 is 0.576 bits per heavy atom. The number of nitrogens with zero attached hydrogens (tertiary/aromatic N) is 1. The minimum Gasteiger partial charge on any atom is -0.460 e. The molecule has 7 aromatic carbocycles. The minimum absolute atomic E-state index is 0.157. The van der Waals surface area contributed by atoms with E-state index in [9.17, 15) is 0 Å². The van der Waals surface area contributed by atoms with Gasteiger partial charge in [0.05, 0.1) is 11.0 Å². The molecule has 0 fully saturated rings. The molecule has 1 aromatic heterocycles. The highest BCUT2D eigenvalue weighted by atomic mass is 16.5. The van der Waals surface area contributed by atoms with Crippen molar-refractivity contribution in [1.29, 1.82) is 0 Å². The van der Waals surface area contributed by atoms with E-state index in [1.54, 1.807) is 0 Å². The van der Waals surface area contributed by atoms with Gasteiger partial charge in [-0.05, 0) is 114 Å². The van der Waals surface area contributed by atoms with E-state index in [0.717, 1.165) is 55.8 Å². The van der Waals surface area contributed by atoms with Gasteiger partial charge in [0.25, 0.3) is 0 Å². The quantitative estimate of drug-likeness (QED) is 0.167. The molecule has 3 heterocycles. The third kappa shape index (κ3) is 4.59. The number of anilines is 2. The van der Waals surface area contributed by atoms with E-state index in [2.05, 4.69) is 215 Å². The third-order valence-corrected chi connectivity index (χ3v) is 13.9. The molecule has 0 amide bonds. The molecule has 0 N–H and O–H groups in total. The molecule has 0 bridgehead atoms. The fourth-order valence-electron chi connectivity index (χ4n) is 11.4. The van der Waals surface area contributed by atoms with Crippen LogP contribution in [-0.4, -0.2) is 5.54 Å². The topological polar surface area (TPSA) is 25.6 Å².